The minimum absolute atomic E-state index is 0.119. The Labute approximate surface area is 111 Å². The molecule has 1 unspecified atom stereocenters. The van der Waals surface area contributed by atoms with Gasteiger partial charge < -0.3 is 0 Å². The van der Waals surface area contributed by atoms with E-state index in [9.17, 15) is 4.79 Å². The first kappa shape index (κ1) is 11.8. The molecule has 0 aliphatic carbocycles. The number of ketones is 1. The fourth-order valence-electron chi connectivity index (χ4n) is 1.68. The van der Waals surface area contributed by atoms with Crippen molar-refractivity contribution in [2.24, 2.45) is 0 Å². The summed E-state index contributed by atoms with van der Waals surface area (Å²) in [5.41, 5.74) is 0.777. The number of Topliss-reactive ketones (excluding diaryl/α,β-unsaturated/α-hetero) is 1. The van der Waals surface area contributed by atoms with Crippen LogP contribution in [0.5, 0.6) is 0 Å². The molecule has 0 aliphatic rings. The molecule has 0 radical (unpaired) electrons. The van der Waals surface area contributed by atoms with E-state index in [1.165, 1.54) is 0 Å². The molecule has 0 amide bonds. The smallest absolute Gasteiger partial charge is 0.177 e. The standard InChI is InChI=1S/C13H10Br2O/c14-8-12(15)13(16)11-7-3-5-9-4-1-2-6-10(9)11/h1-7,12H,8H2. The number of hydrogen-bond acceptors (Lipinski definition) is 1. The van der Waals surface area contributed by atoms with Gasteiger partial charge in [0.25, 0.3) is 0 Å². The summed E-state index contributed by atoms with van der Waals surface area (Å²) in [6, 6.07) is 13.7. The minimum atomic E-state index is -0.168. The van der Waals surface area contributed by atoms with E-state index in [1.807, 2.05) is 42.5 Å². The molecule has 0 saturated carbocycles. The van der Waals surface area contributed by atoms with Gasteiger partial charge in [-0.25, -0.2) is 0 Å². The summed E-state index contributed by atoms with van der Waals surface area (Å²) >= 11 is 6.68. The number of fused-ring (bicyclic) bond motifs is 1. The Morgan fingerprint density at radius 1 is 1.12 bits per heavy atom. The average molecular weight is 342 g/mol. The van der Waals surface area contributed by atoms with E-state index in [0.29, 0.717) is 5.33 Å². The van der Waals surface area contributed by atoms with Crippen molar-refractivity contribution in [3.8, 4) is 0 Å². The quantitative estimate of drug-likeness (QED) is 0.604. The topological polar surface area (TPSA) is 17.1 Å². The second kappa shape index (κ2) is 5.11. The van der Waals surface area contributed by atoms with Gasteiger partial charge in [0, 0.05) is 10.9 Å². The molecule has 0 heterocycles. The molecule has 82 valence electrons. The summed E-state index contributed by atoms with van der Waals surface area (Å²) in [5.74, 6) is 0.119. The Balaban J connectivity index is 2.56. The van der Waals surface area contributed by atoms with Gasteiger partial charge in [0.1, 0.15) is 0 Å². The maximum atomic E-state index is 12.1. The fourth-order valence-corrected chi connectivity index (χ4v) is 2.22. The van der Waals surface area contributed by atoms with Crippen LogP contribution >= 0.6 is 31.9 Å². The number of halogens is 2. The molecule has 0 N–H and O–H groups in total. The number of benzene rings is 2. The highest BCUT2D eigenvalue weighted by Crippen LogP contribution is 2.22. The van der Waals surface area contributed by atoms with Crippen LogP contribution in [0.3, 0.4) is 0 Å². The molecule has 1 nitrogen and oxygen atoms in total. The van der Waals surface area contributed by atoms with Gasteiger partial charge in [0.15, 0.2) is 5.78 Å². The number of hydrogen-bond donors (Lipinski definition) is 0. The molecule has 0 saturated heterocycles. The second-order valence-corrected chi connectivity index (χ2v) is 5.27. The Morgan fingerprint density at radius 3 is 2.56 bits per heavy atom. The number of alkyl halides is 2. The number of carbonyl (C=O) groups excluding carboxylic acids is 1. The summed E-state index contributed by atoms with van der Waals surface area (Å²) in [4.78, 5) is 11.9. The van der Waals surface area contributed by atoms with Crippen LogP contribution in [0.15, 0.2) is 42.5 Å². The summed E-state index contributed by atoms with van der Waals surface area (Å²) in [6.45, 7) is 0. The predicted molar refractivity (Wildman–Crippen MR) is 74.8 cm³/mol. The van der Waals surface area contributed by atoms with Crippen molar-refractivity contribution in [1.82, 2.24) is 0 Å². The van der Waals surface area contributed by atoms with Crippen LogP contribution in [0.4, 0.5) is 0 Å². The van der Waals surface area contributed by atoms with E-state index in [-0.39, 0.29) is 10.6 Å². The molecular formula is C13H10Br2O. The molecular weight excluding hydrogens is 332 g/mol. The maximum Gasteiger partial charge on any atom is 0.177 e. The van der Waals surface area contributed by atoms with Crippen LogP contribution in [-0.4, -0.2) is 15.9 Å². The van der Waals surface area contributed by atoms with Crippen molar-refractivity contribution >= 4 is 48.4 Å². The third-order valence-electron chi connectivity index (χ3n) is 2.48. The lowest BCUT2D eigenvalue weighted by molar-refractivity contribution is 0.0999. The van der Waals surface area contributed by atoms with E-state index in [0.717, 1.165) is 16.3 Å². The highest BCUT2D eigenvalue weighted by atomic mass is 79.9. The molecule has 2 aromatic carbocycles. The largest absolute Gasteiger partial charge is 0.293 e. The van der Waals surface area contributed by atoms with Crippen LogP contribution in [0.2, 0.25) is 0 Å². The van der Waals surface area contributed by atoms with Gasteiger partial charge in [-0.1, -0.05) is 74.3 Å². The van der Waals surface area contributed by atoms with Crippen molar-refractivity contribution in [1.29, 1.82) is 0 Å². The molecule has 2 aromatic rings. The molecule has 0 bridgehead atoms. The molecule has 2 rings (SSSR count). The van der Waals surface area contributed by atoms with Crippen LogP contribution in [0.25, 0.3) is 10.8 Å². The minimum Gasteiger partial charge on any atom is -0.293 e. The van der Waals surface area contributed by atoms with E-state index < -0.39 is 0 Å². The number of rotatable bonds is 3. The van der Waals surface area contributed by atoms with Gasteiger partial charge in [-0.15, -0.1) is 0 Å². The lowest BCUT2D eigenvalue weighted by atomic mass is 10.0. The Kier molecular flexibility index (Phi) is 3.77. The van der Waals surface area contributed by atoms with Crippen LogP contribution < -0.4 is 0 Å². The van der Waals surface area contributed by atoms with Gasteiger partial charge in [-0.3, -0.25) is 4.79 Å². The van der Waals surface area contributed by atoms with Crippen molar-refractivity contribution in [2.75, 3.05) is 5.33 Å². The van der Waals surface area contributed by atoms with Gasteiger partial charge in [0.05, 0.1) is 4.83 Å². The van der Waals surface area contributed by atoms with Gasteiger partial charge in [-0.2, -0.15) is 0 Å². The Morgan fingerprint density at radius 2 is 1.81 bits per heavy atom. The summed E-state index contributed by atoms with van der Waals surface area (Å²) in [5, 5.41) is 2.73. The van der Waals surface area contributed by atoms with E-state index in [4.69, 9.17) is 0 Å². The Hall–Kier alpha value is -0.670. The normalized spacial score (nSPS) is 12.6. The third kappa shape index (κ3) is 2.20. The van der Waals surface area contributed by atoms with Crippen LogP contribution in [0, 0.1) is 0 Å². The Bertz CT molecular complexity index is 517. The summed E-state index contributed by atoms with van der Waals surface area (Å²) < 4.78 is 0. The van der Waals surface area contributed by atoms with Crippen molar-refractivity contribution in [2.45, 2.75) is 4.83 Å². The zero-order chi connectivity index (χ0) is 11.5. The average Bonchev–Trinajstić information content (AvgIpc) is 2.36. The van der Waals surface area contributed by atoms with Gasteiger partial charge in [0.2, 0.25) is 0 Å². The zero-order valence-corrected chi connectivity index (χ0v) is 11.7. The highest BCUT2D eigenvalue weighted by Gasteiger charge is 2.17. The maximum absolute atomic E-state index is 12.1. The summed E-state index contributed by atoms with van der Waals surface area (Å²) in [6.07, 6.45) is 0. The van der Waals surface area contributed by atoms with Crippen molar-refractivity contribution in [3.63, 3.8) is 0 Å². The van der Waals surface area contributed by atoms with Crippen LogP contribution in [0.1, 0.15) is 10.4 Å². The van der Waals surface area contributed by atoms with E-state index in [1.54, 1.807) is 0 Å². The molecule has 16 heavy (non-hydrogen) atoms. The molecule has 1 atom stereocenters. The van der Waals surface area contributed by atoms with Gasteiger partial charge >= 0.3 is 0 Å². The highest BCUT2D eigenvalue weighted by molar-refractivity contribution is 9.12. The first-order valence-electron chi connectivity index (χ1n) is 4.96. The third-order valence-corrected chi connectivity index (χ3v) is 4.73. The monoisotopic (exact) mass is 340 g/mol. The molecule has 0 aliphatic heterocycles. The molecule has 0 spiro atoms. The van der Waals surface area contributed by atoms with Crippen molar-refractivity contribution in [3.05, 3.63) is 48.0 Å². The van der Waals surface area contributed by atoms with Crippen LogP contribution in [-0.2, 0) is 0 Å². The SMILES string of the molecule is O=C(c1cccc2ccccc12)C(Br)CBr. The molecule has 0 fully saturated rings. The lowest BCUT2D eigenvalue weighted by Crippen LogP contribution is -2.15. The van der Waals surface area contributed by atoms with E-state index in [2.05, 4.69) is 31.9 Å². The van der Waals surface area contributed by atoms with Crippen molar-refractivity contribution < 1.29 is 4.79 Å². The zero-order valence-electron chi connectivity index (χ0n) is 8.49. The fraction of sp³-hybridized carbons (Fsp3) is 0.154. The molecule has 0 aromatic heterocycles. The first-order valence-corrected chi connectivity index (χ1v) is 7.00. The second-order valence-electron chi connectivity index (χ2n) is 3.51. The molecule has 3 heteroatoms. The predicted octanol–water partition coefficient (Wildman–Crippen LogP) is 4.18. The lowest BCUT2D eigenvalue weighted by Gasteiger charge is -2.08. The summed E-state index contributed by atoms with van der Waals surface area (Å²) in [7, 11) is 0. The number of carbonyl (C=O) groups is 1. The van der Waals surface area contributed by atoms with Gasteiger partial charge in [-0.05, 0) is 10.8 Å². The van der Waals surface area contributed by atoms with E-state index >= 15 is 0 Å². The first-order chi connectivity index (χ1) is 7.74.